The van der Waals surface area contributed by atoms with E-state index in [2.05, 4.69) is 10.2 Å². The van der Waals surface area contributed by atoms with Crippen LogP contribution in [0.5, 0.6) is 5.75 Å². The SMILES string of the molecule is [2H]c1c(-n2nc3ccc(Cl)cc3n2)c(O)c(C(C([2H])([2H])[2H])(C([2H])([2H])[2H])C([2H])([2H])[2H])c([2H])c1C(C([2H])([2H])[2H])(C([2H])([2H])[2H])C([2H])([2H])[2H]. The third-order valence-corrected chi connectivity index (χ3v) is 3.48. The molecule has 0 aliphatic rings. The Labute approximate surface area is 181 Å². The summed E-state index contributed by atoms with van der Waals surface area (Å²) in [6.45, 7) is -25.2. The van der Waals surface area contributed by atoms with E-state index in [9.17, 15) is 5.11 Å². The largest absolute Gasteiger partial charge is 0.505 e. The van der Waals surface area contributed by atoms with Gasteiger partial charge < -0.3 is 5.11 Å². The highest BCUT2D eigenvalue weighted by Crippen LogP contribution is 2.39. The van der Waals surface area contributed by atoms with Crippen molar-refractivity contribution in [3.63, 3.8) is 0 Å². The van der Waals surface area contributed by atoms with E-state index >= 15 is 0 Å². The predicted octanol–water partition coefficient (Wildman–Crippen LogP) is 5.37. The summed E-state index contributed by atoms with van der Waals surface area (Å²) < 4.78 is 164. The lowest BCUT2D eigenvalue weighted by Gasteiger charge is -2.27. The number of phenolic OH excluding ortho intramolecular Hbond substituents is 1. The average Bonchev–Trinajstić information content (AvgIpc) is 3.16. The molecule has 0 saturated carbocycles. The predicted molar refractivity (Wildman–Crippen MR) is 103 cm³/mol. The van der Waals surface area contributed by atoms with Crippen molar-refractivity contribution in [2.24, 2.45) is 0 Å². The van der Waals surface area contributed by atoms with Crippen LogP contribution in [-0.4, -0.2) is 20.1 Å². The molecule has 0 unspecified atom stereocenters. The van der Waals surface area contributed by atoms with Crippen molar-refractivity contribution < 1.29 is 32.5 Å². The number of hydrogen-bond donors (Lipinski definition) is 1. The Hall–Kier alpha value is -2.07. The fraction of sp³-hybridized carbons (Fsp3) is 0.400. The van der Waals surface area contributed by atoms with Crippen molar-refractivity contribution in [3.8, 4) is 11.4 Å². The first-order valence-corrected chi connectivity index (χ1v) is 7.10. The molecule has 1 N–H and O–H groups in total. The standard InChI is InChI=1S/C20H24ClN3O/c1-19(2,3)12-9-14(20(4,5)6)18(25)17(10-12)24-22-15-8-7-13(21)11-16(15)23-24/h7-11,25H,1-6H3/i1D3,2D3,3D3,4D3,5D3,6D3,9D,10D. The number of benzene rings is 2. The van der Waals surface area contributed by atoms with Gasteiger partial charge in [-0.3, -0.25) is 0 Å². The van der Waals surface area contributed by atoms with E-state index in [0.717, 1.165) is 0 Å². The van der Waals surface area contributed by atoms with Crippen LogP contribution >= 0.6 is 11.6 Å². The maximum Gasteiger partial charge on any atom is 0.146 e. The first kappa shape index (κ1) is 5.46. The lowest BCUT2D eigenvalue weighted by Crippen LogP contribution is -2.18. The second-order valence-electron chi connectivity index (χ2n) is 5.32. The van der Waals surface area contributed by atoms with Crippen LogP contribution in [0.1, 0.15) is 79.7 Å². The Morgan fingerprint density at radius 2 is 1.72 bits per heavy atom. The Morgan fingerprint density at radius 1 is 1.04 bits per heavy atom. The summed E-state index contributed by atoms with van der Waals surface area (Å²) in [6, 6.07) is 0.313. The second-order valence-corrected chi connectivity index (χ2v) is 5.76. The zero-order valence-electron chi connectivity index (χ0n) is 32.4. The molecule has 5 heteroatoms. The molecule has 0 saturated heterocycles. The number of aromatic nitrogens is 3. The molecule has 0 bridgehead atoms. The van der Waals surface area contributed by atoms with E-state index in [4.69, 9.17) is 39.0 Å². The van der Waals surface area contributed by atoms with Crippen molar-refractivity contribution in [2.75, 3.05) is 0 Å². The van der Waals surface area contributed by atoms with Gasteiger partial charge in [-0.1, -0.05) is 58.8 Å². The summed E-state index contributed by atoms with van der Waals surface area (Å²) >= 11 is 5.97. The van der Waals surface area contributed by atoms with Gasteiger partial charge in [0, 0.05) is 35.3 Å². The topological polar surface area (TPSA) is 50.9 Å². The summed E-state index contributed by atoms with van der Waals surface area (Å²) in [4.78, 5) is 0.303. The van der Waals surface area contributed by atoms with E-state index < -0.39 is 86.6 Å². The van der Waals surface area contributed by atoms with E-state index in [-0.39, 0.29) is 16.1 Å². The summed E-state index contributed by atoms with van der Waals surface area (Å²) in [5.74, 6) is -1.74. The zero-order chi connectivity index (χ0) is 35.3. The minimum atomic E-state index is -4.30. The highest BCUT2D eigenvalue weighted by atomic mass is 35.5. The molecule has 0 amide bonds. The molecule has 1 aromatic heterocycles. The number of hydrogen-bond acceptors (Lipinski definition) is 3. The fourth-order valence-electron chi connectivity index (χ4n) is 2.10. The summed E-state index contributed by atoms with van der Waals surface area (Å²) in [5, 5.41) is 19.6. The molecule has 4 nitrogen and oxygen atoms in total. The van der Waals surface area contributed by atoms with Crippen LogP contribution in [0.15, 0.2) is 30.3 Å². The highest BCUT2D eigenvalue weighted by molar-refractivity contribution is 6.31. The molecule has 0 aliphatic carbocycles. The Kier molecular flexibility index (Phi) is 1.25. The van der Waals surface area contributed by atoms with Crippen molar-refractivity contribution in [3.05, 3.63) is 46.4 Å². The number of aromatic hydroxyl groups is 1. The maximum atomic E-state index is 11.6. The lowest BCUT2D eigenvalue weighted by molar-refractivity contribution is 0.438. The summed E-state index contributed by atoms with van der Waals surface area (Å²) in [5.41, 5.74) is -13.7. The highest BCUT2D eigenvalue weighted by Gasteiger charge is 2.26. The zero-order valence-corrected chi connectivity index (χ0v) is 13.2. The minimum absolute atomic E-state index is 0.0568. The second kappa shape index (κ2) is 5.73. The number of phenols is 1. The van der Waals surface area contributed by atoms with Crippen molar-refractivity contribution in [2.45, 2.75) is 51.9 Å². The molecule has 0 atom stereocenters. The normalized spacial score (nSPS) is 27.6. The van der Waals surface area contributed by atoms with Crippen molar-refractivity contribution in [1.82, 2.24) is 15.0 Å². The molecule has 0 spiro atoms. The molecule has 3 aromatic rings. The van der Waals surface area contributed by atoms with Crippen LogP contribution in [0, 0.1) is 0 Å². The molecule has 0 aliphatic heterocycles. The lowest BCUT2D eigenvalue weighted by atomic mass is 9.80. The van der Waals surface area contributed by atoms with Crippen LogP contribution in [0.3, 0.4) is 0 Å². The van der Waals surface area contributed by atoms with Gasteiger partial charge in [0.2, 0.25) is 0 Å². The third kappa shape index (κ3) is 3.36. The number of halogens is 1. The van der Waals surface area contributed by atoms with Crippen molar-refractivity contribution >= 4 is 22.6 Å². The fourth-order valence-corrected chi connectivity index (χ4v) is 2.27. The van der Waals surface area contributed by atoms with Crippen LogP contribution in [-0.2, 0) is 10.8 Å². The van der Waals surface area contributed by atoms with E-state index in [0.29, 0.717) is 4.80 Å². The van der Waals surface area contributed by atoms with Gasteiger partial charge in [0.25, 0.3) is 0 Å². The Bertz CT molecular complexity index is 1470. The van der Waals surface area contributed by atoms with Gasteiger partial charge in [-0.15, -0.1) is 15.0 Å². The van der Waals surface area contributed by atoms with Gasteiger partial charge in [-0.05, 0) is 40.6 Å². The van der Waals surface area contributed by atoms with Crippen LogP contribution in [0.4, 0.5) is 0 Å². The average molecular weight is 378 g/mol. The molecule has 3 rings (SSSR count). The molecular weight excluding hydrogens is 334 g/mol. The molecule has 132 valence electrons. The van der Waals surface area contributed by atoms with Gasteiger partial charge in [0.1, 0.15) is 22.5 Å². The minimum Gasteiger partial charge on any atom is -0.505 e. The van der Waals surface area contributed by atoms with Crippen LogP contribution in [0.25, 0.3) is 16.7 Å². The molecule has 1 heterocycles. The van der Waals surface area contributed by atoms with Crippen LogP contribution in [0.2, 0.25) is 5.02 Å². The van der Waals surface area contributed by atoms with E-state index in [1.807, 2.05) is 0 Å². The number of nitrogens with zero attached hydrogens (tertiary/aromatic N) is 3. The first-order valence-electron chi connectivity index (χ1n) is 16.7. The maximum absolute atomic E-state index is 11.6. The van der Waals surface area contributed by atoms with Crippen LogP contribution < -0.4 is 0 Å². The number of rotatable bonds is 1. The van der Waals surface area contributed by atoms with E-state index in [1.54, 1.807) is 0 Å². The molecule has 0 radical (unpaired) electrons. The van der Waals surface area contributed by atoms with E-state index in [1.165, 1.54) is 18.2 Å². The molecule has 2 aromatic carbocycles. The Morgan fingerprint density at radius 3 is 2.40 bits per heavy atom. The molecule has 25 heavy (non-hydrogen) atoms. The van der Waals surface area contributed by atoms with Gasteiger partial charge in [0.05, 0.1) is 2.74 Å². The third-order valence-electron chi connectivity index (χ3n) is 3.25. The van der Waals surface area contributed by atoms with Gasteiger partial charge in [0.15, 0.2) is 0 Å². The first-order chi connectivity index (χ1) is 19.8. The monoisotopic (exact) mass is 377 g/mol. The number of fused-ring (bicyclic) bond motifs is 1. The van der Waals surface area contributed by atoms with Gasteiger partial charge in [-0.25, -0.2) is 0 Å². The Balaban J connectivity index is 2.93. The smallest absolute Gasteiger partial charge is 0.146 e. The quantitative estimate of drug-likeness (QED) is 0.619. The molecular formula is C20H24ClN3O. The van der Waals surface area contributed by atoms with Gasteiger partial charge >= 0.3 is 0 Å². The van der Waals surface area contributed by atoms with Crippen molar-refractivity contribution in [1.29, 1.82) is 0 Å². The van der Waals surface area contributed by atoms with Gasteiger partial charge in [-0.2, -0.15) is 0 Å². The summed E-state index contributed by atoms with van der Waals surface area (Å²) in [7, 11) is 0. The summed E-state index contributed by atoms with van der Waals surface area (Å²) in [6.07, 6.45) is 0. The molecule has 0 fully saturated rings.